The molecule has 98 valence electrons. The third-order valence-electron chi connectivity index (χ3n) is 2.78. The number of hydrogen-bond acceptors (Lipinski definition) is 4. The molecule has 5 nitrogen and oxygen atoms in total. The molecule has 0 fully saturated rings. The fraction of sp³-hybridized carbons (Fsp3) is 0.750. The van der Waals surface area contributed by atoms with E-state index in [1.165, 1.54) is 0 Å². The van der Waals surface area contributed by atoms with Gasteiger partial charge in [0.1, 0.15) is 11.8 Å². The van der Waals surface area contributed by atoms with E-state index in [0.29, 0.717) is 17.9 Å². The molecule has 0 aliphatic rings. The van der Waals surface area contributed by atoms with Crippen molar-refractivity contribution in [1.29, 1.82) is 0 Å². The summed E-state index contributed by atoms with van der Waals surface area (Å²) in [4.78, 5) is 0. The van der Waals surface area contributed by atoms with E-state index in [9.17, 15) is 5.11 Å². The van der Waals surface area contributed by atoms with E-state index in [-0.39, 0.29) is 12.1 Å². The normalized spacial score (nSPS) is 15.0. The minimum absolute atomic E-state index is 0.00906. The van der Waals surface area contributed by atoms with Crippen LogP contribution in [-0.2, 0) is 4.74 Å². The zero-order chi connectivity index (χ0) is 13.0. The van der Waals surface area contributed by atoms with Crippen molar-refractivity contribution in [2.24, 2.45) is 0 Å². The summed E-state index contributed by atoms with van der Waals surface area (Å²) in [5.74, 6) is 0.620. The second-order valence-corrected chi connectivity index (χ2v) is 4.43. The van der Waals surface area contributed by atoms with Crippen molar-refractivity contribution in [2.75, 3.05) is 14.2 Å². The molecule has 0 spiro atoms. The van der Waals surface area contributed by atoms with Gasteiger partial charge in [0.25, 0.3) is 0 Å². The number of ether oxygens (including phenoxy) is 2. The first-order chi connectivity index (χ1) is 8.01. The first-order valence-electron chi connectivity index (χ1n) is 5.83. The van der Waals surface area contributed by atoms with Gasteiger partial charge in [0, 0.05) is 19.6 Å². The fourth-order valence-electron chi connectivity index (χ4n) is 1.76. The number of aliphatic hydroxyl groups excluding tert-OH is 1. The van der Waals surface area contributed by atoms with Gasteiger partial charge in [-0.25, -0.2) is 0 Å². The van der Waals surface area contributed by atoms with Crippen LogP contribution < -0.4 is 4.74 Å². The molecule has 0 amide bonds. The Morgan fingerprint density at radius 2 is 2.00 bits per heavy atom. The quantitative estimate of drug-likeness (QED) is 0.828. The second kappa shape index (κ2) is 6.02. The van der Waals surface area contributed by atoms with Crippen molar-refractivity contribution in [1.82, 2.24) is 9.78 Å². The first kappa shape index (κ1) is 14.0. The smallest absolute Gasteiger partial charge is 0.162 e. The lowest BCUT2D eigenvalue weighted by Gasteiger charge is -2.19. The van der Waals surface area contributed by atoms with Crippen molar-refractivity contribution in [3.63, 3.8) is 0 Å². The molecule has 1 N–H and O–H groups in total. The van der Waals surface area contributed by atoms with Crippen molar-refractivity contribution >= 4 is 0 Å². The van der Waals surface area contributed by atoms with Crippen LogP contribution in [0.25, 0.3) is 0 Å². The van der Waals surface area contributed by atoms with Crippen molar-refractivity contribution in [3.8, 4) is 5.75 Å². The van der Waals surface area contributed by atoms with Gasteiger partial charge in [0.15, 0.2) is 5.75 Å². The number of nitrogens with zero attached hydrogens (tertiary/aromatic N) is 2. The monoisotopic (exact) mass is 242 g/mol. The van der Waals surface area contributed by atoms with Crippen LogP contribution in [-0.4, -0.2) is 35.2 Å². The second-order valence-electron chi connectivity index (χ2n) is 4.43. The van der Waals surface area contributed by atoms with E-state index in [0.717, 1.165) is 0 Å². The third kappa shape index (κ3) is 3.20. The predicted molar refractivity (Wildman–Crippen MR) is 65.2 cm³/mol. The zero-order valence-electron chi connectivity index (χ0n) is 11.2. The molecule has 5 heteroatoms. The standard InChI is InChI=1S/C12H22N2O3/c1-8(2)14-12(11(17-5)7-13-14)10(15)6-9(3)16-4/h7-10,15H,6H2,1-5H3. The summed E-state index contributed by atoms with van der Waals surface area (Å²) in [5, 5.41) is 14.5. The molecular weight excluding hydrogens is 220 g/mol. The molecule has 17 heavy (non-hydrogen) atoms. The number of methoxy groups -OCH3 is 2. The molecule has 0 saturated heterocycles. The highest BCUT2D eigenvalue weighted by molar-refractivity contribution is 5.27. The van der Waals surface area contributed by atoms with Crippen LogP contribution in [0.5, 0.6) is 5.75 Å². The van der Waals surface area contributed by atoms with Crippen LogP contribution in [0.1, 0.15) is 45.0 Å². The van der Waals surface area contributed by atoms with Gasteiger partial charge in [-0.15, -0.1) is 0 Å². The lowest BCUT2D eigenvalue weighted by atomic mass is 10.1. The van der Waals surface area contributed by atoms with Gasteiger partial charge in [-0.1, -0.05) is 0 Å². The Kier molecular flexibility index (Phi) is 4.96. The van der Waals surface area contributed by atoms with Gasteiger partial charge < -0.3 is 14.6 Å². The molecule has 2 atom stereocenters. The minimum atomic E-state index is -0.634. The van der Waals surface area contributed by atoms with E-state index < -0.39 is 6.10 Å². The first-order valence-corrected chi connectivity index (χ1v) is 5.83. The Morgan fingerprint density at radius 1 is 1.35 bits per heavy atom. The number of rotatable bonds is 6. The highest BCUT2D eigenvalue weighted by atomic mass is 16.5. The van der Waals surface area contributed by atoms with E-state index in [1.54, 1.807) is 25.1 Å². The molecule has 2 unspecified atom stereocenters. The Hall–Kier alpha value is -1.07. The van der Waals surface area contributed by atoms with Gasteiger partial charge in [0.2, 0.25) is 0 Å². The third-order valence-corrected chi connectivity index (χ3v) is 2.78. The molecule has 0 radical (unpaired) electrons. The van der Waals surface area contributed by atoms with Crippen LogP contribution in [0.15, 0.2) is 6.20 Å². The zero-order valence-corrected chi connectivity index (χ0v) is 11.2. The summed E-state index contributed by atoms with van der Waals surface area (Å²) in [7, 11) is 3.21. The molecule has 0 saturated carbocycles. The molecular formula is C12H22N2O3. The van der Waals surface area contributed by atoms with Crippen molar-refractivity contribution in [3.05, 3.63) is 11.9 Å². The van der Waals surface area contributed by atoms with E-state index in [1.807, 2.05) is 20.8 Å². The maximum atomic E-state index is 10.2. The van der Waals surface area contributed by atoms with Crippen LogP contribution >= 0.6 is 0 Å². The summed E-state index contributed by atoms with van der Waals surface area (Å²) in [6.07, 6.45) is 1.51. The topological polar surface area (TPSA) is 56.5 Å². The highest BCUT2D eigenvalue weighted by Crippen LogP contribution is 2.30. The summed E-state index contributed by atoms with van der Waals surface area (Å²) < 4.78 is 12.2. The summed E-state index contributed by atoms with van der Waals surface area (Å²) in [6, 6.07) is 0.182. The van der Waals surface area contributed by atoms with Gasteiger partial charge >= 0.3 is 0 Å². The van der Waals surface area contributed by atoms with E-state index in [4.69, 9.17) is 9.47 Å². The lowest BCUT2D eigenvalue weighted by molar-refractivity contribution is 0.0507. The Morgan fingerprint density at radius 3 is 2.47 bits per heavy atom. The molecule has 0 aliphatic carbocycles. The molecule has 1 aromatic heterocycles. The maximum absolute atomic E-state index is 10.2. The lowest BCUT2D eigenvalue weighted by Crippen LogP contribution is -2.16. The van der Waals surface area contributed by atoms with Gasteiger partial charge in [0.05, 0.1) is 19.4 Å². The van der Waals surface area contributed by atoms with Crippen LogP contribution in [0.2, 0.25) is 0 Å². The SMILES string of the molecule is COc1cnn(C(C)C)c1C(O)CC(C)OC. The van der Waals surface area contributed by atoms with Gasteiger partial charge in [-0.3, -0.25) is 4.68 Å². The van der Waals surface area contributed by atoms with E-state index >= 15 is 0 Å². The number of aliphatic hydroxyl groups is 1. The minimum Gasteiger partial charge on any atom is -0.493 e. The van der Waals surface area contributed by atoms with Crippen LogP contribution in [0.4, 0.5) is 0 Å². The molecule has 0 aliphatic heterocycles. The molecule has 0 bridgehead atoms. The highest BCUT2D eigenvalue weighted by Gasteiger charge is 2.23. The fourth-order valence-corrected chi connectivity index (χ4v) is 1.76. The number of aromatic nitrogens is 2. The van der Waals surface area contributed by atoms with Crippen LogP contribution in [0.3, 0.4) is 0 Å². The van der Waals surface area contributed by atoms with Gasteiger partial charge in [-0.2, -0.15) is 5.10 Å². The average molecular weight is 242 g/mol. The average Bonchev–Trinajstić information content (AvgIpc) is 2.72. The maximum Gasteiger partial charge on any atom is 0.162 e. The Bertz CT molecular complexity index is 350. The van der Waals surface area contributed by atoms with Crippen molar-refractivity contribution in [2.45, 2.75) is 45.4 Å². The Balaban J connectivity index is 2.96. The van der Waals surface area contributed by atoms with E-state index in [2.05, 4.69) is 5.10 Å². The van der Waals surface area contributed by atoms with Gasteiger partial charge in [-0.05, 0) is 20.8 Å². The summed E-state index contributed by atoms with van der Waals surface area (Å²) in [6.45, 7) is 5.95. The largest absolute Gasteiger partial charge is 0.493 e. The molecule has 1 rings (SSSR count). The predicted octanol–water partition coefficient (Wildman–Crippen LogP) is 1.93. The summed E-state index contributed by atoms with van der Waals surface area (Å²) >= 11 is 0. The molecule has 1 aromatic rings. The molecule has 1 heterocycles. The van der Waals surface area contributed by atoms with Crippen molar-refractivity contribution < 1.29 is 14.6 Å². The molecule has 0 aromatic carbocycles. The van der Waals surface area contributed by atoms with Crippen LogP contribution in [0, 0.1) is 0 Å². The number of hydrogen-bond donors (Lipinski definition) is 1. The summed E-state index contributed by atoms with van der Waals surface area (Å²) in [5.41, 5.74) is 0.714. The Labute approximate surface area is 102 Å².